The van der Waals surface area contributed by atoms with Crippen molar-refractivity contribution in [1.82, 2.24) is 9.97 Å². The van der Waals surface area contributed by atoms with Gasteiger partial charge in [0.2, 0.25) is 0 Å². The fourth-order valence-electron chi connectivity index (χ4n) is 2.06. The first kappa shape index (κ1) is 13.1. The molecule has 0 saturated carbocycles. The van der Waals surface area contributed by atoms with E-state index in [9.17, 15) is 0 Å². The van der Waals surface area contributed by atoms with Crippen LogP contribution < -0.4 is 5.73 Å². The number of hydrogen-bond donors (Lipinski definition) is 1. The van der Waals surface area contributed by atoms with Crippen molar-refractivity contribution in [3.63, 3.8) is 0 Å². The van der Waals surface area contributed by atoms with Crippen molar-refractivity contribution in [1.29, 1.82) is 0 Å². The molecular formula is C16H15N3S. The van der Waals surface area contributed by atoms with Gasteiger partial charge >= 0.3 is 0 Å². The van der Waals surface area contributed by atoms with Crippen LogP contribution in [0.2, 0.25) is 0 Å². The number of aromatic nitrogens is 2. The maximum atomic E-state index is 6.22. The Morgan fingerprint density at radius 1 is 0.950 bits per heavy atom. The highest BCUT2D eigenvalue weighted by Gasteiger charge is 2.09. The Balaban J connectivity index is 1.77. The van der Waals surface area contributed by atoms with Gasteiger partial charge in [-0.2, -0.15) is 0 Å². The normalized spacial score (nSPS) is 12.4. The highest BCUT2D eigenvalue weighted by Crippen LogP contribution is 2.27. The molecule has 0 aliphatic rings. The molecular weight excluding hydrogens is 266 g/mol. The zero-order valence-corrected chi connectivity index (χ0v) is 11.8. The van der Waals surface area contributed by atoms with Gasteiger partial charge in [-0.05, 0) is 11.6 Å². The Kier molecular flexibility index (Phi) is 3.95. The Bertz CT molecular complexity index is 695. The standard InChI is InChI=1S/C16H15N3S/c17-14(12-6-2-1-3-7-12)10-20-16-13-8-4-5-9-15(13)18-11-19-16/h1-9,11,14H,10,17H2. The van der Waals surface area contributed by atoms with Crippen LogP contribution in [-0.4, -0.2) is 15.7 Å². The van der Waals surface area contributed by atoms with Crippen molar-refractivity contribution < 1.29 is 0 Å². The second-order valence-electron chi connectivity index (χ2n) is 4.52. The number of nitrogens with two attached hydrogens (primary N) is 1. The number of thioether (sulfide) groups is 1. The minimum atomic E-state index is 0.00919. The minimum Gasteiger partial charge on any atom is -0.323 e. The highest BCUT2D eigenvalue weighted by molar-refractivity contribution is 7.99. The largest absolute Gasteiger partial charge is 0.323 e. The van der Waals surface area contributed by atoms with Crippen LogP contribution in [0.5, 0.6) is 0 Å². The smallest absolute Gasteiger partial charge is 0.117 e. The van der Waals surface area contributed by atoms with E-state index in [1.165, 1.54) is 0 Å². The van der Waals surface area contributed by atoms with Crippen LogP contribution in [0.3, 0.4) is 0 Å². The first-order valence-electron chi connectivity index (χ1n) is 6.47. The molecule has 0 saturated heterocycles. The maximum Gasteiger partial charge on any atom is 0.117 e. The first-order valence-corrected chi connectivity index (χ1v) is 7.46. The molecule has 0 amide bonds. The number of hydrogen-bond acceptors (Lipinski definition) is 4. The summed E-state index contributed by atoms with van der Waals surface area (Å²) in [6.07, 6.45) is 1.61. The van der Waals surface area contributed by atoms with Crippen molar-refractivity contribution in [2.45, 2.75) is 11.1 Å². The lowest BCUT2D eigenvalue weighted by Crippen LogP contribution is -2.12. The molecule has 3 nitrogen and oxygen atoms in total. The van der Waals surface area contributed by atoms with Crippen LogP contribution in [0, 0.1) is 0 Å². The van der Waals surface area contributed by atoms with Crippen LogP contribution in [0.25, 0.3) is 10.9 Å². The average Bonchev–Trinajstić information content (AvgIpc) is 2.53. The van der Waals surface area contributed by atoms with Gasteiger partial charge in [-0.15, -0.1) is 11.8 Å². The topological polar surface area (TPSA) is 51.8 Å². The van der Waals surface area contributed by atoms with Crippen LogP contribution in [-0.2, 0) is 0 Å². The molecule has 2 aromatic carbocycles. The fourth-order valence-corrected chi connectivity index (χ4v) is 3.04. The van der Waals surface area contributed by atoms with Crippen molar-refractivity contribution in [2.24, 2.45) is 5.73 Å². The van der Waals surface area contributed by atoms with Gasteiger partial charge in [0.15, 0.2) is 0 Å². The van der Waals surface area contributed by atoms with Crippen molar-refractivity contribution in [3.05, 3.63) is 66.5 Å². The van der Waals surface area contributed by atoms with Crippen LogP contribution >= 0.6 is 11.8 Å². The summed E-state index contributed by atoms with van der Waals surface area (Å²) >= 11 is 1.68. The summed E-state index contributed by atoms with van der Waals surface area (Å²) in [6, 6.07) is 18.2. The van der Waals surface area contributed by atoms with E-state index in [0.29, 0.717) is 0 Å². The zero-order chi connectivity index (χ0) is 13.8. The summed E-state index contributed by atoms with van der Waals surface area (Å²) in [5.74, 6) is 0.797. The van der Waals surface area contributed by atoms with Gasteiger partial charge in [-0.1, -0.05) is 48.5 Å². The molecule has 0 fully saturated rings. The van der Waals surface area contributed by atoms with Gasteiger partial charge in [0.1, 0.15) is 11.4 Å². The van der Waals surface area contributed by atoms with Gasteiger partial charge in [0, 0.05) is 17.2 Å². The Hall–Kier alpha value is -1.91. The quantitative estimate of drug-likeness (QED) is 0.588. The lowest BCUT2D eigenvalue weighted by atomic mass is 10.1. The van der Waals surface area contributed by atoms with Gasteiger partial charge in [-0.25, -0.2) is 9.97 Å². The maximum absolute atomic E-state index is 6.22. The third-order valence-electron chi connectivity index (χ3n) is 3.13. The minimum absolute atomic E-state index is 0.00919. The van der Waals surface area contributed by atoms with Gasteiger partial charge in [-0.3, -0.25) is 0 Å². The van der Waals surface area contributed by atoms with Crippen molar-refractivity contribution in [2.75, 3.05) is 5.75 Å². The van der Waals surface area contributed by atoms with Gasteiger partial charge in [0.25, 0.3) is 0 Å². The molecule has 1 aromatic heterocycles. The van der Waals surface area contributed by atoms with Crippen molar-refractivity contribution in [3.8, 4) is 0 Å². The number of rotatable bonds is 4. The predicted octanol–water partition coefficient (Wildman–Crippen LogP) is 3.42. The summed E-state index contributed by atoms with van der Waals surface area (Å²) in [7, 11) is 0. The predicted molar refractivity (Wildman–Crippen MR) is 83.6 cm³/mol. The number of nitrogens with zero attached hydrogens (tertiary/aromatic N) is 2. The highest BCUT2D eigenvalue weighted by atomic mass is 32.2. The lowest BCUT2D eigenvalue weighted by Gasteiger charge is -2.11. The second kappa shape index (κ2) is 6.03. The van der Waals surface area contributed by atoms with E-state index in [4.69, 9.17) is 5.73 Å². The summed E-state index contributed by atoms with van der Waals surface area (Å²) in [4.78, 5) is 8.64. The first-order chi connectivity index (χ1) is 9.84. The molecule has 2 N–H and O–H groups in total. The third kappa shape index (κ3) is 2.81. The lowest BCUT2D eigenvalue weighted by molar-refractivity contribution is 0.830. The van der Waals surface area contributed by atoms with E-state index < -0.39 is 0 Å². The van der Waals surface area contributed by atoms with E-state index in [1.54, 1.807) is 18.1 Å². The van der Waals surface area contributed by atoms with E-state index in [0.717, 1.165) is 27.2 Å². The number of para-hydroxylation sites is 1. The third-order valence-corrected chi connectivity index (χ3v) is 4.26. The summed E-state index contributed by atoms with van der Waals surface area (Å²) in [5, 5.41) is 2.07. The Labute approximate surface area is 122 Å². The molecule has 0 radical (unpaired) electrons. The monoisotopic (exact) mass is 281 g/mol. The SMILES string of the molecule is NC(CSc1ncnc2ccccc12)c1ccccc1. The van der Waals surface area contributed by atoms with Gasteiger partial charge in [0.05, 0.1) is 5.52 Å². The molecule has 1 heterocycles. The molecule has 0 bridgehead atoms. The van der Waals surface area contributed by atoms with Crippen LogP contribution in [0.1, 0.15) is 11.6 Å². The Morgan fingerprint density at radius 2 is 1.70 bits per heavy atom. The molecule has 0 spiro atoms. The molecule has 0 aliphatic heterocycles. The van der Waals surface area contributed by atoms with E-state index in [2.05, 4.69) is 22.1 Å². The second-order valence-corrected chi connectivity index (χ2v) is 5.53. The summed E-state index contributed by atoms with van der Waals surface area (Å²) in [6.45, 7) is 0. The van der Waals surface area contributed by atoms with Crippen molar-refractivity contribution >= 4 is 22.7 Å². The summed E-state index contributed by atoms with van der Waals surface area (Å²) < 4.78 is 0. The number of benzene rings is 2. The van der Waals surface area contributed by atoms with E-state index in [-0.39, 0.29) is 6.04 Å². The van der Waals surface area contributed by atoms with Crippen LogP contribution in [0.4, 0.5) is 0 Å². The van der Waals surface area contributed by atoms with E-state index >= 15 is 0 Å². The van der Waals surface area contributed by atoms with E-state index in [1.807, 2.05) is 42.5 Å². The molecule has 1 unspecified atom stereocenters. The fraction of sp³-hybridized carbons (Fsp3) is 0.125. The molecule has 1 atom stereocenters. The molecule has 20 heavy (non-hydrogen) atoms. The molecule has 3 aromatic rings. The molecule has 0 aliphatic carbocycles. The Morgan fingerprint density at radius 3 is 2.55 bits per heavy atom. The molecule has 3 rings (SSSR count). The average molecular weight is 281 g/mol. The molecule has 4 heteroatoms. The molecule has 100 valence electrons. The zero-order valence-electron chi connectivity index (χ0n) is 10.9. The summed E-state index contributed by atoms with van der Waals surface area (Å²) in [5.41, 5.74) is 8.34. The van der Waals surface area contributed by atoms with Gasteiger partial charge < -0.3 is 5.73 Å². The number of fused-ring (bicyclic) bond motifs is 1. The van der Waals surface area contributed by atoms with Crippen LogP contribution in [0.15, 0.2) is 66.0 Å².